The molecule has 1 unspecified atom stereocenters. The molecule has 114 valence electrons. The lowest BCUT2D eigenvalue weighted by Crippen LogP contribution is -2.47. The molecule has 0 aliphatic heterocycles. The Bertz CT molecular complexity index is 489. The molecule has 0 radical (unpaired) electrons. The van der Waals surface area contributed by atoms with Crippen LogP contribution < -0.4 is 0 Å². The summed E-state index contributed by atoms with van der Waals surface area (Å²) in [6.45, 7) is 2.10. The highest BCUT2D eigenvalue weighted by Gasteiger charge is 2.51. The van der Waals surface area contributed by atoms with Crippen LogP contribution in [-0.4, -0.2) is 16.2 Å². The van der Waals surface area contributed by atoms with Crippen molar-refractivity contribution in [3.05, 3.63) is 29.6 Å². The molecule has 5 rings (SSSR count). The predicted molar refractivity (Wildman–Crippen MR) is 83.9 cm³/mol. The van der Waals surface area contributed by atoms with Gasteiger partial charge in [-0.25, -0.2) is 0 Å². The number of aliphatic hydroxyl groups excluding tert-OH is 1. The SMILES string of the molecule is Cc1cccnc1CC(O)CC12CC3CC(CC(C3)C1)C2. The van der Waals surface area contributed by atoms with Crippen LogP contribution in [-0.2, 0) is 6.42 Å². The van der Waals surface area contributed by atoms with Gasteiger partial charge in [0.05, 0.1) is 6.10 Å². The third kappa shape index (κ3) is 2.63. The Morgan fingerprint density at radius 2 is 1.81 bits per heavy atom. The fraction of sp³-hybridized carbons (Fsp3) is 0.737. The van der Waals surface area contributed by atoms with E-state index in [1.54, 1.807) is 0 Å². The zero-order valence-corrected chi connectivity index (χ0v) is 13.1. The first-order valence-corrected chi connectivity index (χ1v) is 8.70. The Kier molecular flexibility index (Phi) is 3.33. The summed E-state index contributed by atoms with van der Waals surface area (Å²) in [6, 6.07) is 4.07. The summed E-state index contributed by atoms with van der Waals surface area (Å²) in [5, 5.41) is 10.6. The first kappa shape index (κ1) is 13.8. The molecule has 1 N–H and O–H groups in total. The van der Waals surface area contributed by atoms with Crippen LogP contribution in [0.25, 0.3) is 0 Å². The van der Waals surface area contributed by atoms with Crippen molar-refractivity contribution in [2.24, 2.45) is 23.2 Å². The second kappa shape index (κ2) is 5.08. The molecule has 0 spiro atoms. The zero-order chi connectivity index (χ0) is 14.4. The predicted octanol–water partition coefficient (Wildman–Crippen LogP) is 3.90. The molecule has 21 heavy (non-hydrogen) atoms. The van der Waals surface area contributed by atoms with Gasteiger partial charge in [0.15, 0.2) is 0 Å². The Balaban J connectivity index is 1.45. The van der Waals surface area contributed by atoms with Crippen LogP contribution >= 0.6 is 0 Å². The van der Waals surface area contributed by atoms with E-state index in [1.807, 2.05) is 12.3 Å². The second-order valence-electron chi connectivity index (χ2n) is 8.25. The summed E-state index contributed by atoms with van der Waals surface area (Å²) in [6.07, 6.45) is 12.0. The standard InChI is InChI=1S/C19H27NO/c1-13-3-2-4-20-18(13)8-17(21)12-19-9-14-5-15(10-19)7-16(6-14)11-19/h2-4,14-17,21H,5-12H2,1H3. The van der Waals surface area contributed by atoms with Gasteiger partial charge in [-0.1, -0.05) is 6.07 Å². The minimum atomic E-state index is -0.213. The maximum absolute atomic E-state index is 10.6. The third-order valence-electron chi connectivity index (χ3n) is 6.38. The molecule has 4 saturated carbocycles. The molecule has 1 atom stereocenters. The van der Waals surface area contributed by atoms with Gasteiger partial charge in [0.25, 0.3) is 0 Å². The van der Waals surface area contributed by atoms with Crippen molar-refractivity contribution in [3.8, 4) is 0 Å². The van der Waals surface area contributed by atoms with Gasteiger partial charge < -0.3 is 5.11 Å². The Morgan fingerprint density at radius 3 is 2.38 bits per heavy atom. The largest absolute Gasteiger partial charge is 0.393 e. The van der Waals surface area contributed by atoms with Crippen molar-refractivity contribution in [3.63, 3.8) is 0 Å². The Hall–Kier alpha value is -0.890. The van der Waals surface area contributed by atoms with Crippen molar-refractivity contribution in [1.82, 2.24) is 4.98 Å². The van der Waals surface area contributed by atoms with Crippen molar-refractivity contribution in [2.45, 2.75) is 64.4 Å². The number of aromatic nitrogens is 1. The number of rotatable bonds is 4. The molecule has 4 aliphatic carbocycles. The molecule has 1 aromatic heterocycles. The Labute approximate surface area is 128 Å². The molecule has 0 amide bonds. The van der Waals surface area contributed by atoms with E-state index in [1.165, 1.54) is 44.1 Å². The summed E-state index contributed by atoms with van der Waals surface area (Å²) in [5.74, 6) is 2.92. The molecule has 0 saturated heterocycles. The average Bonchev–Trinajstić information content (AvgIpc) is 2.39. The normalized spacial score (nSPS) is 38.7. The van der Waals surface area contributed by atoms with Gasteiger partial charge in [-0.3, -0.25) is 4.98 Å². The molecule has 4 bridgehead atoms. The van der Waals surface area contributed by atoms with Crippen LogP contribution in [0, 0.1) is 30.1 Å². The second-order valence-corrected chi connectivity index (χ2v) is 8.25. The number of hydrogen-bond donors (Lipinski definition) is 1. The van der Waals surface area contributed by atoms with Crippen molar-refractivity contribution in [1.29, 1.82) is 0 Å². The van der Waals surface area contributed by atoms with Crippen LogP contribution in [0.15, 0.2) is 18.3 Å². The van der Waals surface area contributed by atoms with Crippen molar-refractivity contribution >= 4 is 0 Å². The lowest BCUT2D eigenvalue weighted by molar-refractivity contribution is -0.0757. The minimum absolute atomic E-state index is 0.213. The van der Waals surface area contributed by atoms with Crippen LogP contribution in [0.3, 0.4) is 0 Å². The molecule has 4 fully saturated rings. The van der Waals surface area contributed by atoms with Gasteiger partial charge in [0.2, 0.25) is 0 Å². The molecule has 4 aliphatic rings. The number of aryl methyl sites for hydroxylation is 1. The van der Waals surface area contributed by atoms with E-state index >= 15 is 0 Å². The first-order chi connectivity index (χ1) is 10.1. The molecule has 0 aromatic carbocycles. The zero-order valence-electron chi connectivity index (χ0n) is 13.1. The smallest absolute Gasteiger partial charge is 0.0601 e. The molecule has 1 aromatic rings. The molecular weight excluding hydrogens is 258 g/mol. The summed E-state index contributed by atoms with van der Waals surface area (Å²) < 4.78 is 0. The van der Waals surface area contributed by atoms with Gasteiger partial charge in [0, 0.05) is 18.3 Å². The first-order valence-electron chi connectivity index (χ1n) is 8.70. The number of pyridine rings is 1. The van der Waals surface area contributed by atoms with E-state index in [0.717, 1.165) is 36.3 Å². The minimum Gasteiger partial charge on any atom is -0.393 e. The van der Waals surface area contributed by atoms with E-state index in [9.17, 15) is 5.11 Å². The summed E-state index contributed by atoms with van der Waals surface area (Å²) in [4.78, 5) is 4.45. The van der Waals surface area contributed by atoms with E-state index in [2.05, 4.69) is 18.0 Å². The van der Waals surface area contributed by atoms with Gasteiger partial charge in [-0.2, -0.15) is 0 Å². The van der Waals surface area contributed by atoms with Gasteiger partial charge in [0.1, 0.15) is 0 Å². The van der Waals surface area contributed by atoms with E-state index in [0.29, 0.717) is 5.41 Å². The maximum atomic E-state index is 10.6. The highest BCUT2D eigenvalue weighted by molar-refractivity contribution is 5.18. The van der Waals surface area contributed by atoms with Crippen LogP contribution in [0.1, 0.15) is 56.2 Å². The number of hydrogen-bond acceptors (Lipinski definition) is 2. The van der Waals surface area contributed by atoms with Crippen molar-refractivity contribution < 1.29 is 5.11 Å². The summed E-state index contributed by atoms with van der Waals surface area (Å²) >= 11 is 0. The van der Waals surface area contributed by atoms with E-state index in [-0.39, 0.29) is 6.10 Å². The third-order valence-corrected chi connectivity index (χ3v) is 6.38. The lowest BCUT2D eigenvalue weighted by Gasteiger charge is -2.57. The molecular formula is C19H27NO. The monoisotopic (exact) mass is 285 g/mol. The number of nitrogens with zero attached hydrogens (tertiary/aromatic N) is 1. The van der Waals surface area contributed by atoms with Crippen LogP contribution in [0.4, 0.5) is 0 Å². The summed E-state index contributed by atoms with van der Waals surface area (Å²) in [5.41, 5.74) is 2.76. The van der Waals surface area contributed by atoms with E-state index < -0.39 is 0 Å². The quantitative estimate of drug-likeness (QED) is 0.910. The highest BCUT2D eigenvalue weighted by atomic mass is 16.3. The van der Waals surface area contributed by atoms with Crippen molar-refractivity contribution in [2.75, 3.05) is 0 Å². The van der Waals surface area contributed by atoms with Crippen LogP contribution in [0.2, 0.25) is 0 Å². The Morgan fingerprint density at radius 1 is 1.19 bits per heavy atom. The van der Waals surface area contributed by atoms with Gasteiger partial charge in [-0.05, 0) is 86.7 Å². The maximum Gasteiger partial charge on any atom is 0.0601 e. The fourth-order valence-electron chi connectivity index (χ4n) is 6.07. The number of aliphatic hydroxyl groups is 1. The highest BCUT2D eigenvalue weighted by Crippen LogP contribution is 2.61. The van der Waals surface area contributed by atoms with E-state index in [4.69, 9.17) is 0 Å². The van der Waals surface area contributed by atoms with Crippen LogP contribution in [0.5, 0.6) is 0 Å². The molecule has 2 nitrogen and oxygen atoms in total. The summed E-state index contributed by atoms with van der Waals surface area (Å²) in [7, 11) is 0. The average molecular weight is 285 g/mol. The van der Waals surface area contributed by atoms with Gasteiger partial charge in [-0.15, -0.1) is 0 Å². The lowest BCUT2D eigenvalue weighted by atomic mass is 9.48. The fourth-order valence-corrected chi connectivity index (χ4v) is 6.07. The van der Waals surface area contributed by atoms with Gasteiger partial charge >= 0.3 is 0 Å². The molecule has 1 heterocycles. The topological polar surface area (TPSA) is 33.1 Å². The molecule has 2 heteroatoms.